The molecular formula is C17H25N3O3. The molecule has 0 saturated carbocycles. The third kappa shape index (κ3) is 5.56. The van der Waals surface area contributed by atoms with E-state index < -0.39 is 0 Å². The van der Waals surface area contributed by atoms with Gasteiger partial charge in [-0.3, -0.25) is 9.59 Å². The van der Waals surface area contributed by atoms with Crippen LogP contribution in [0.3, 0.4) is 0 Å². The van der Waals surface area contributed by atoms with Gasteiger partial charge >= 0.3 is 0 Å². The molecule has 0 aromatic heterocycles. The Labute approximate surface area is 137 Å². The summed E-state index contributed by atoms with van der Waals surface area (Å²) in [6.45, 7) is 6.67. The van der Waals surface area contributed by atoms with Gasteiger partial charge in [-0.15, -0.1) is 0 Å². The Morgan fingerprint density at radius 2 is 2.09 bits per heavy atom. The molecule has 1 unspecified atom stereocenters. The Morgan fingerprint density at radius 1 is 1.35 bits per heavy atom. The quantitative estimate of drug-likeness (QED) is 0.818. The number of carbonyl (C=O) groups is 2. The molecule has 1 atom stereocenters. The van der Waals surface area contributed by atoms with Crippen molar-refractivity contribution in [3.05, 3.63) is 29.8 Å². The third-order valence-electron chi connectivity index (χ3n) is 3.86. The highest BCUT2D eigenvalue weighted by Gasteiger charge is 2.22. The van der Waals surface area contributed by atoms with Crippen molar-refractivity contribution in [3.63, 3.8) is 0 Å². The number of piperazine rings is 1. The van der Waals surface area contributed by atoms with Gasteiger partial charge in [-0.25, -0.2) is 0 Å². The molecule has 1 aliphatic heterocycles. The fourth-order valence-corrected chi connectivity index (χ4v) is 2.62. The zero-order chi connectivity index (χ0) is 16.7. The Balaban J connectivity index is 1.75. The van der Waals surface area contributed by atoms with Gasteiger partial charge in [0.25, 0.3) is 0 Å². The van der Waals surface area contributed by atoms with Gasteiger partial charge in [0.15, 0.2) is 0 Å². The highest BCUT2D eigenvalue weighted by molar-refractivity contribution is 5.77. The molecule has 1 fully saturated rings. The van der Waals surface area contributed by atoms with Crippen molar-refractivity contribution in [1.82, 2.24) is 15.5 Å². The van der Waals surface area contributed by atoms with Crippen LogP contribution in [0.25, 0.3) is 0 Å². The lowest BCUT2D eigenvalue weighted by atomic mass is 10.1. The van der Waals surface area contributed by atoms with Gasteiger partial charge in [-0.05, 0) is 24.6 Å². The molecule has 23 heavy (non-hydrogen) atoms. The van der Waals surface area contributed by atoms with Crippen LogP contribution in [0.4, 0.5) is 0 Å². The van der Waals surface area contributed by atoms with Gasteiger partial charge in [-0.1, -0.05) is 12.1 Å². The molecular weight excluding hydrogens is 294 g/mol. The smallest absolute Gasteiger partial charge is 0.221 e. The minimum Gasteiger partial charge on any atom is -0.494 e. The summed E-state index contributed by atoms with van der Waals surface area (Å²) in [6, 6.07) is 7.72. The largest absolute Gasteiger partial charge is 0.494 e. The second-order valence-electron chi connectivity index (χ2n) is 5.67. The van der Waals surface area contributed by atoms with Crippen LogP contribution in [-0.4, -0.2) is 49.0 Å². The number of benzene rings is 1. The summed E-state index contributed by atoms with van der Waals surface area (Å²) in [5.74, 6) is 0.881. The van der Waals surface area contributed by atoms with Crippen molar-refractivity contribution in [2.24, 2.45) is 0 Å². The van der Waals surface area contributed by atoms with E-state index in [9.17, 15) is 9.59 Å². The van der Waals surface area contributed by atoms with Crippen molar-refractivity contribution >= 4 is 11.8 Å². The Kier molecular flexibility index (Phi) is 6.40. The zero-order valence-corrected chi connectivity index (χ0v) is 13.8. The van der Waals surface area contributed by atoms with Crippen LogP contribution in [0.2, 0.25) is 0 Å². The number of rotatable bonds is 6. The van der Waals surface area contributed by atoms with E-state index in [2.05, 4.69) is 10.6 Å². The number of hydrogen-bond donors (Lipinski definition) is 2. The first-order chi connectivity index (χ1) is 11.1. The van der Waals surface area contributed by atoms with Crippen LogP contribution in [0.1, 0.15) is 25.8 Å². The van der Waals surface area contributed by atoms with Crippen molar-refractivity contribution < 1.29 is 14.3 Å². The van der Waals surface area contributed by atoms with Crippen LogP contribution < -0.4 is 15.4 Å². The number of nitrogens with zero attached hydrogens (tertiary/aromatic N) is 1. The van der Waals surface area contributed by atoms with Gasteiger partial charge in [0, 0.05) is 45.6 Å². The van der Waals surface area contributed by atoms with Crippen LogP contribution >= 0.6 is 0 Å². The topological polar surface area (TPSA) is 70.7 Å². The normalized spacial score (nSPS) is 17.7. The molecule has 0 radical (unpaired) electrons. The number of nitrogens with one attached hydrogen (secondary N) is 2. The van der Waals surface area contributed by atoms with Crippen LogP contribution in [-0.2, 0) is 16.1 Å². The van der Waals surface area contributed by atoms with Gasteiger partial charge in [-0.2, -0.15) is 0 Å². The SMILES string of the molecule is CCOc1ccc(CNC(=O)CC2CN(C(C)=O)CCN2)cc1. The molecule has 126 valence electrons. The number of hydrogen-bond acceptors (Lipinski definition) is 4. The fraction of sp³-hybridized carbons (Fsp3) is 0.529. The molecule has 1 saturated heterocycles. The Bertz CT molecular complexity index is 530. The van der Waals surface area contributed by atoms with Crippen LogP contribution in [0.5, 0.6) is 5.75 Å². The standard InChI is InChI=1S/C17H25N3O3/c1-3-23-16-6-4-14(5-7-16)11-19-17(22)10-15-12-20(13(2)21)9-8-18-15/h4-7,15,18H,3,8-12H2,1-2H3,(H,19,22). The van der Waals surface area contributed by atoms with Crippen molar-refractivity contribution in [2.75, 3.05) is 26.2 Å². The highest BCUT2D eigenvalue weighted by atomic mass is 16.5. The first-order valence-corrected chi connectivity index (χ1v) is 8.05. The van der Waals surface area contributed by atoms with Crippen molar-refractivity contribution in [3.8, 4) is 5.75 Å². The molecule has 0 aliphatic carbocycles. The first-order valence-electron chi connectivity index (χ1n) is 8.05. The summed E-state index contributed by atoms with van der Waals surface area (Å²) >= 11 is 0. The Hall–Kier alpha value is -2.08. The molecule has 2 N–H and O–H groups in total. The maximum atomic E-state index is 12.1. The van der Waals surface area contributed by atoms with Gasteiger partial charge in [0.2, 0.25) is 11.8 Å². The predicted octanol–water partition coefficient (Wildman–Crippen LogP) is 0.912. The summed E-state index contributed by atoms with van der Waals surface area (Å²) in [5, 5.41) is 6.20. The number of carbonyl (C=O) groups excluding carboxylic acids is 2. The molecule has 1 aromatic carbocycles. The molecule has 1 aromatic rings. The molecule has 6 heteroatoms. The first kappa shape index (κ1) is 17.3. The molecule has 0 spiro atoms. The average Bonchev–Trinajstić information content (AvgIpc) is 2.55. The average molecular weight is 319 g/mol. The fourth-order valence-electron chi connectivity index (χ4n) is 2.62. The van der Waals surface area contributed by atoms with Gasteiger partial charge in [0.1, 0.15) is 5.75 Å². The maximum absolute atomic E-state index is 12.1. The molecule has 2 rings (SSSR count). The van der Waals surface area contributed by atoms with E-state index in [1.807, 2.05) is 31.2 Å². The van der Waals surface area contributed by atoms with Gasteiger partial charge in [0.05, 0.1) is 6.61 Å². The zero-order valence-electron chi connectivity index (χ0n) is 13.8. The predicted molar refractivity (Wildman–Crippen MR) is 88.1 cm³/mol. The van der Waals surface area contributed by atoms with Crippen molar-refractivity contribution in [2.45, 2.75) is 32.9 Å². The summed E-state index contributed by atoms with van der Waals surface area (Å²) in [5.41, 5.74) is 1.03. The van der Waals surface area contributed by atoms with E-state index in [1.54, 1.807) is 11.8 Å². The molecule has 1 heterocycles. The molecule has 6 nitrogen and oxygen atoms in total. The lowest BCUT2D eigenvalue weighted by Crippen LogP contribution is -2.53. The minimum atomic E-state index is -0.0122. The number of amides is 2. The van der Waals surface area contributed by atoms with E-state index in [4.69, 9.17) is 4.74 Å². The van der Waals surface area contributed by atoms with Gasteiger partial charge < -0.3 is 20.3 Å². The summed E-state index contributed by atoms with van der Waals surface area (Å²) in [4.78, 5) is 25.2. The Morgan fingerprint density at radius 3 is 2.74 bits per heavy atom. The van der Waals surface area contributed by atoms with Crippen molar-refractivity contribution in [1.29, 1.82) is 0 Å². The summed E-state index contributed by atoms with van der Waals surface area (Å²) in [6.07, 6.45) is 0.376. The van der Waals surface area contributed by atoms with E-state index in [-0.39, 0.29) is 17.9 Å². The van der Waals surface area contributed by atoms with Crippen LogP contribution in [0.15, 0.2) is 24.3 Å². The third-order valence-corrected chi connectivity index (χ3v) is 3.86. The van der Waals surface area contributed by atoms with E-state index in [0.717, 1.165) is 17.9 Å². The van der Waals surface area contributed by atoms with Crippen LogP contribution in [0, 0.1) is 0 Å². The maximum Gasteiger partial charge on any atom is 0.221 e. The molecule has 1 aliphatic rings. The summed E-state index contributed by atoms with van der Waals surface area (Å²) in [7, 11) is 0. The summed E-state index contributed by atoms with van der Waals surface area (Å²) < 4.78 is 5.39. The van der Waals surface area contributed by atoms with E-state index >= 15 is 0 Å². The second kappa shape index (κ2) is 8.53. The van der Waals surface area contributed by atoms with E-state index in [1.165, 1.54) is 0 Å². The second-order valence-corrected chi connectivity index (χ2v) is 5.67. The minimum absolute atomic E-state index is 0.0122. The monoisotopic (exact) mass is 319 g/mol. The lowest BCUT2D eigenvalue weighted by molar-refractivity contribution is -0.131. The van der Waals surface area contributed by atoms with E-state index in [0.29, 0.717) is 32.7 Å². The number of ether oxygens (including phenoxy) is 1. The molecule has 2 amide bonds. The highest BCUT2D eigenvalue weighted by Crippen LogP contribution is 2.12. The molecule has 0 bridgehead atoms. The lowest BCUT2D eigenvalue weighted by Gasteiger charge is -2.32.